The van der Waals surface area contributed by atoms with Crippen LogP contribution in [0.2, 0.25) is 0 Å². The van der Waals surface area contributed by atoms with Crippen molar-refractivity contribution in [1.29, 1.82) is 0 Å². The normalized spacial score (nSPS) is 17.6. The van der Waals surface area contributed by atoms with E-state index in [1.54, 1.807) is 0 Å². The third-order valence-corrected chi connectivity index (χ3v) is 7.32. The Hall–Kier alpha value is -2.64. The molecule has 1 amide bonds. The molecule has 2 aromatic carbocycles. The van der Waals surface area contributed by atoms with Gasteiger partial charge in [-0.2, -0.15) is 0 Å². The number of nitrogens with one attached hydrogen (secondary N) is 1. The SMILES string of the molecule is CC(C)Cn1ccc2cc(NC(=O)C(c3ccccc3)N3CCS(=O)(=O)CC3)ccc21. The van der Waals surface area contributed by atoms with E-state index in [4.69, 9.17) is 0 Å². The number of anilines is 1. The van der Waals surface area contributed by atoms with Crippen molar-refractivity contribution in [3.8, 4) is 0 Å². The summed E-state index contributed by atoms with van der Waals surface area (Å²) in [6, 6.07) is 17.1. The van der Waals surface area contributed by atoms with Crippen molar-refractivity contribution >= 4 is 32.3 Å². The smallest absolute Gasteiger partial charge is 0.246 e. The summed E-state index contributed by atoms with van der Waals surface area (Å²) < 4.78 is 26.0. The molecule has 1 N–H and O–H groups in total. The van der Waals surface area contributed by atoms with Gasteiger partial charge in [-0.3, -0.25) is 9.69 Å². The van der Waals surface area contributed by atoms with E-state index < -0.39 is 15.9 Å². The van der Waals surface area contributed by atoms with Gasteiger partial charge >= 0.3 is 0 Å². The van der Waals surface area contributed by atoms with Crippen molar-refractivity contribution in [3.63, 3.8) is 0 Å². The van der Waals surface area contributed by atoms with Crippen molar-refractivity contribution in [2.75, 3.05) is 29.9 Å². The Morgan fingerprint density at radius 2 is 1.74 bits per heavy atom. The van der Waals surface area contributed by atoms with Gasteiger partial charge in [-0.25, -0.2) is 8.42 Å². The lowest BCUT2D eigenvalue weighted by molar-refractivity contribution is -0.121. The van der Waals surface area contributed by atoms with Gasteiger partial charge in [0, 0.05) is 42.4 Å². The second-order valence-electron chi connectivity index (χ2n) is 8.63. The maximum Gasteiger partial charge on any atom is 0.246 e. The molecule has 0 aliphatic carbocycles. The average molecular weight is 440 g/mol. The van der Waals surface area contributed by atoms with Gasteiger partial charge in [0.2, 0.25) is 5.91 Å². The predicted molar refractivity (Wildman–Crippen MR) is 125 cm³/mol. The Bertz CT molecular complexity index is 1160. The van der Waals surface area contributed by atoms with Crippen LogP contribution >= 0.6 is 0 Å². The minimum Gasteiger partial charge on any atom is -0.347 e. The predicted octanol–water partition coefficient (Wildman–Crippen LogP) is 3.71. The summed E-state index contributed by atoms with van der Waals surface area (Å²) in [5, 5.41) is 4.14. The van der Waals surface area contributed by atoms with Gasteiger partial charge in [0.15, 0.2) is 9.84 Å². The molecule has 31 heavy (non-hydrogen) atoms. The number of benzene rings is 2. The number of rotatable bonds is 6. The van der Waals surface area contributed by atoms with Gasteiger partial charge in [0.05, 0.1) is 11.5 Å². The van der Waals surface area contributed by atoms with Gasteiger partial charge in [0.25, 0.3) is 0 Å². The first-order valence-electron chi connectivity index (χ1n) is 10.7. The highest BCUT2D eigenvalue weighted by atomic mass is 32.2. The van der Waals surface area contributed by atoms with Crippen LogP contribution in [0.1, 0.15) is 25.5 Å². The number of fused-ring (bicyclic) bond motifs is 1. The molecule has 0 spiro atoms. The molecule has 0 saturated carbocycles. The zero-order valence-corrected chi connectivity index (χ0v) is 18.8. The highest BCUT2D eigenvalue weighted by Gasteiger charge is 2.32. The van der Waals surface area contributed by atoms with E-state index in [2.05, 4.69) is 36.0 Å². The first-order valence-corrected chi connectivity index (χ1v) is 12.5. The summed E-state index contributed by atoms with van der Waals surface area (Å²) >= 11 is 0. The van der Waals surface area contributed by atoms with Crippen LogP contribution < -0.4 is 5.32 Å². The van der Waals surface area contributed by atoms with Crippen molar-refractivity contribution in [3.05, 3.63) is 66.4 Å². The zero-order chi connectivity index (χ0) is 22.0. The maximum atomic E-state index is 13.4. The fourth-order valence-electron chi connectivity index (χ4n) is 4.19. The molecular weight excluding hydrogens is 410 g/mol. The Kier molecular flexibility index (Phi) is 6.16. The van der Waals surface area contributed by atoms with Gasteiger partial charge in [0.1, 0.15) is 6.04 Å². The van der Waals surface area contributed by atoms with Crippen LogP contribution in [0.15, 0.2) is 60.8 Å². The molecule has 164 valence electrons. The summed E-state index contributed by atoms with van der Waals surface area (Å²) in [4.78, 5) is 15.3. The van der Waals surface area contributed by atoms with Crippen molar-refractivity contribution in [2.24, 2.45) is 5.92 Å². The first-order chi connectivity index (χ1) is 14.8. The van der Waals surface area contributed by atoms with Crippen LogP contribution in [0.25, 0.3) is 10.9 Å². The van der Waals surface area contributed by atoms with Gasteiger partial charge < -0.3 is 9.88 Å². The number of sulfone groups is 1. The van der Waals surface area contributed by atoms with Crippen molar-refractivity contribution in [2.45, 2.75) is 26.4 Å². The monoisotopic (exact) mass is 439 g/mol. The van der Waals surface area contributed by atoms with Crippen molar-refractivity contribution < 1.29 is 13.2 Å². The molecule has 1 aliphatic heterocycles. The highest BCUT2D eigenvalue weighted by molar-refractivity contribution is 7.91. The number of aromatic nitrogens is 1. The lowest BCUT2D eigenvalue weighted by Gasteiger charge is -2.33. The van der Waals surface area contributed by atoms with Crippen LogP contribution in [-0.4, -0.2) is 48.4 Å². The third-order valence-electron chi connectivity index (χ3n) is 5.71. The molecule has 0 radical (unpaired) electrons. The number of carbonyl (C=O) groups excluding carboxylic acids is 1. The first kappa shape index (κ1) is 21.6. The van der Waals surface area contributed by atoms with Crippen LogP contribution in [0, 0.1) is 5.92 Å². The van der Waals surface area contributed by atoms with Crippen LogP contribution in [-0.2, 0) is 21.2 Å². The molecule has 6 nitrogen and oxygen atoms in total. The average Bonchev–Trinajstić information content (AvgIpc) is 3.11. The van der Waals surface area contributed by atoms with Crippen LogP contribution in [0.5, 0.6) is 0 Å². The zero-order valence-electron chi connectivity index (χ0n) is 18.0. The number of hydrogen-bond acceptors (Lipinski definition) is 4. The van der Waals surface area contributed by atoms with Crippen LogP contribution in [0.4, 0.5) is 5.69 Å². The van der Waals surface area contributed by atoms with E-state index in [0.29, 0.717) is 19.0 Å². The van der Waals surface area contributed by atoms with Crippen molar-refractivity contribution in [1.82, 2.24) is 9.47 Å². The van der Waals surface area contributed by atoms with Gasteiger partial charge in [-0.1, -0.05) is 44.2 Å². The topological polar surface area (TPSA) is 71.4 Å². The second kappa shape index (κ2) is 8.85. The molecule has 1 aliphatic rings. The van der Waals surface area contributed by atoms with E-state index >= 15 is 0 Å². The molecular formula is C24H29N3O3S. The molecule has 1 saturated heterocycles. The number of carbonyl (C=O) groups is 1. The van der Waals surface area contributed by atoms with E-state index in [1.807, 2.05) is 53.4 Å². The minimum atomic E-state index is -3.02. The standard InChI is InChI=1S/C24H29N3O3S/c1-18(2)17-27-11-10-20-16-21(8-9-22(20)27)25-24(28)23(19-6-4-3-5-7-19)26-12-14-31(29,30)15-13-26/h3-11,16,18,23H,12-15,17H2,1-2H3,(H,25,28). The molecule has 0 bridgehead atoms. The fourth-order valence-corrected chi connectivity index (χ4v) is 5.42. The lowest BCUT2D eigenvalue weighted by Crippen LogP contribution is -2.46. The second-order valence-corrected chi connectivity index (χ2v) is 10.9. The Balaban J connectivity index is 1.57. The Labute approximate surface area is 183 Å². The molecule has 1 atom stereocenters. The molecule has 1 fully saturated rings. The molecule has 7 heteroatoms. The lowest BCUT2D eigenvalue weighted by atomic mass is 10.0. The number of nitrogens with zero attached hydrogens (tertiary/aromatic N) is 2. The number of hydrogen-bond donors (Lipinski definition) is 1. The third kappa shape index (κ3) is 4.99. The Morgan fingerprint density at radius 3 is 2.42 bits per heavy atom. The molecule has 4 rings (SSSR count). The molecule has 1 unspecified atom stereocenters. The van der Waals surface area contributed by atoms with E-state index in [-0.39, 0.29) is 17.4 Å². The van der Waals surface area contributed by atoms with E-state index in [0.717, 1.165) is 28.7 Å². The molecule has 1 aromatic heterocycles. The summed E-state index contributed by atoms with van der Waals surface area (Å²) in [7, 11) is -3.02. The van der Waals surface area contributed by atoms with Gasteiger partial charge in [-0.15, -0.1) is 0 Å². The van der Waals surface area contributed by atoms with Gasteiger partial charge in [-0.05, 0) is 35.7 Å². The van der Waals surface area contributed by atoms with E-state index in [9.17, 15) is 13.2 Å². The summed E-state index contributed by atoms with van der Waals surface area (Å²) in [6.07, 6.45) is 2.08. The summed E-state index contributed by atoms with van der Waals surface area (Å²) in [5.74, 6) is 0.569. The fraction of sp³-hybridized carbons (Fsp3) is 0.375. The largest absolute Gasteiger partial charge is 0.347 e. The Morgan fingerprint density at radius 1 is 1.03 bits per heavy atom. The number of amides is 1. The van der Waals surface area contributed by atoms with Crippen LogP contribution in [0.3, 0.4) is 0 Å². The summed E-state index contributed by atoms with van der Waals surface area (Å²) in [5.41, 5.74) is 2.75. The summed E-state index contributed by atoms with van der Waals surface area (Å²) in [6.45, 7) is 6.04. The highest BCUT2D eigenvalue weighted by Crippen LogP contribution is 2.26. The quantitative estimate of drug-likeness (QED) is 0.636. The molecule has 3 aromatic rings. The molecule has 2 heterocycles. The minimum absolute atomic E-state index is 0.0823. The maximum absolute atomic E-state index is 13.4. The van der Waals surface area contributed by atoms with E-state index in [1.165, 1.54) is 0 Å².